The van der Waals surface area contributed by atoms with Crippen molar-refractivity contribution >= 4 is 5.96 Å². The minimum Gasteiger partial charge on any atom is -0.357 e. The monoisotopic (exact) mass is 325 g/mol. The van der Waals surface area contributed by atoms with Crippen molar-refractivity contribution in [2.45, 2.75) is 53.5 Å². The number of hydrogen-bond donors (Lipinski definition) is 2. The van der Waals surface area contributed by atoms with Crippen molar-refractivity contribution in [2.75, 3.05) is 52.4 Å². The number of guanidine groups is 1. The SMILES string of the molecule is CCNC(=NCCCCN1CCN(CC)CC1)NC(C)C(C)C. The highest BCUT2D eigenvalue weighted by Gasteiger charge is 2.14. The van der Waals surface area contributed by atoms with E-state index >= 15 is 0 Å². The highest BCUT2D eigenvalue weighted by Crippen LogP contribution is 2.03. The maximum Gasteiger partial charge on any atom is 0.191 e. The van der Waals surface area contributed by atoms with Gasteiger partial charge in [-0.3, -0.25) is 4.99 Å². The van der Waals surface area contributed by atoms with Gasteiger partial charge in [0.15, 0.2) is 5.96 Å². The lowest BCUT2D eigenvalue weighted by Crippen LogP contribution is -2.46. The van der Waals surface area contributed by atoms with Crippen LogP contribution in [-0.2, 0) is 0 Å². The Kier molecular flexibility index (Phi) is 10.3. The number of nitrogens with one attached hydrogen (secondary N) is 2. The average Bonchev–Trinajstić information content (AvgIpc) is 2.55. The predicted octanol–water partition coefficient (Wildman–Crippen LogP) is 2.00. The summed E-state index contributed by atoms with van der Waals surface area (Å²) in [4.78, 5) is 9.84. The molecule has 2 N–H and O–H groups in total. The average molecular weight is 326 g/mol. The van der Waals surface area contributed by atoms with E-state index in [9.17, 15) is 0 Å². The molecule has 0 aliphatic carbocycles. The fourth-order valence-corrected chi connectivity index (χ4v) is 2.67. The van der Waals surface area contributed by atoms with Gasteiger partial charge in [-0.25, -0.2) is 0 Å². The molecule has 1 unspecified atom stereocenters. The second-order valence-electron chi connectivity index (χ2n) is 6.92. The Morgan fingerprint density at radius 1 is 1.00 bits per heavy atom. The van der Waals surface area contributed by atoms with Crippen LogP contribution in [0.15, 0.2) is 4.99 Å². The zero-order valence-electron chi connectivity index (χ0n) is 16.1. The van der Waals surface area contributed by atoms with E-state index in [1.54, 1.807) is 0 Å². The molecule has 0 radical (unpaired) electrons. The van der Waals surface area contributed by atoms with Crippen LogP contribution in [0.4, 0.5) is 0 Å². The Morgan fingerprint density at radius 2 is 1.65 bits per heavy atom. The topological polar surface area (TPSA) is 42.9 Å². The lowest BCUT2D eigenvalue weighted by molar-refractivity contribution is 0.136. The molecule has 0 aromatic carbocycles. The molecule has 0 bridgehead atoms. The summed E-state index contributed by atoms with van der Waals surface area (Å²) in [5.41, 5.74) is 0. The maximum atomic E-state index is 4.71. The summed E-state index contributed by atoms with van der Waals surface area (Å²) in [5.74, 6) is 1.57. The molecule has 0 aromatic heterocycles. The molecule has 136 valence electrons. The number of nitrogens with zero attached hydrogens (tertiary/aromatic N) is 3. The zero-order chi connectivity index (χ0) is 17.1. The lowest BCUT2D eigenvalue weighted by atomic mass is 10.1. The van der Waals surface area contributed by atoms with Crippen molar-refractivity contribution in [3.05, 3.63) is 0 Å². The lowest BCUT2D eigenvalue weighted by Gasteiger charge is -2.33. The summed E-state index contributed by atoms with van der Waals surface area (Å²) in [6.45, 7) is 20.2. The van der Waals surface area contributed by atoms with Crippen molar-refractivity contribution in [3.63, 3.8) is 0 Å². The van der Waals surface area contributed by atoms with Crippen LogP contribution >= 0.6 is 0 Å². The number of aliphatic imine (C=N–C) groups is 1. The van der Waals surface area contributed by atoms with Gasteiger partial charge in [-0.15, -0.1) is 0 Å². The Bertz CT molecular complexity index is 321. The standard InChI is InChI=1S/C18H39N5/c1-6-19-18(21-17(5)16(3)4)20-10-8-9-11-23-14-12-22(7-2)13-15-23/h16-17H,6-15H2,1-5H3,(H2,19,20,21). The Morgan fingerprint density at radius 3 is 2.22 bits per heavy atom. The molecular formula is C18H39N5. The largest absolute Gasteiger partial charge is 0.357 e. The van der Waals surface area contributed by atoms with Crippen molar-refractivity contribution in [3.8, 4) is 0 Å². The van der Waals surface area contributed by atoms with Crippen molar-refractivity contribution < 1.29 is 0 Å². The third-order valence-corrected chi connectivity index (χ3v) is 4.77. The van der Waals surface area contributed by atoms with Gasteiger partial charge in [0.2, 0.25) is 0 Å². The number of piperazine rings is 1. The molecule has 1 aliphatic rings. The predicted molar refractivity (Wildman–Crippen MR) is 101 cm³/mol. The molecule has 0 aromatic rings. The van der Waals surface area contributed by atoms with Crippen LogP contribution in [0.5, 0.6) is 0 Å². The number of unbranched alkanes of at least 4 members (excludes halogenated alkanes) is 1. The molecule has 0 spiro atoms. The first-order chi connectivity index (χ1) is 11.1. The first-order valence-corrected chi connectivity index (χ1v) is 9.56. The molecule has 1 aliphatic heterocycles. The third kappa shape index (κ3) is 8.56. The minimum absolute atomic E-state index is 0.447. The van der Waals surface area contributed by atoms with Crippen LogP contribution in [0.25, 0.3) is 0 Å². The summed E-state index contributed by atoms with van der Waals surface area (Å²) in [6, 6.07) is 0.447. The highest BCUT2D eigenvalue weighted by atomic mass is 15.3. The van der Waals surface area contributed by atoms with E-state index in [0.717, 1.165) is 19.0 Å². The molecule has 1 atom stereocenters. The van der Waals surface area contributed by atoms with Gasteiger partial charge >= 0.3 is 0 Å². The van der Waals surface area contributed by atoms with Crippen LogP contribution in [0.2, 0.25) is 0 Å². The Balaban J connectivity index is 2.19. The van der Waals surface area contributed by atoms with Crippen LogP contribution < -0.4 is 10.6 Å². The number of rotatable bonds is 9. The van der Waals surface area contributed by atoms with E-state index in [-0.39, 0.29) is 0 Å². The van der Waals surface area contributed by atoms with Crippen LogP contribution in [0, 0.1) is 5.92 Å². The molecule has 1 heterocycles. The van der Waals surface area contributed by atoms with Crippen LogP contribution in [-0.4, -0.2) is 74.2 Å². The zero-order valence-corrected chi connectivity index (χ0v) is 16.1. The molecule has 0 saturated carbocycles. The van der Waals surface area contributed by atoms with Gasteiger partial charge < -0.3 is 20.4 Å². The fraction of sp³-hybridized carbons (Fsp3) is 0.944. The van der Waals surface area contributed by atoms with Crippen molar-refractivity contribution in [1.29, 1.82) is 0 Å². The highest BCUT2D eigenvalue weighted by molar-refractivity contribution is 5.80. The second-order valence-corrected chi connectivity index (χ2v) is 6.92. The minimum atomic E-state index is 0.447. The van der Waals surface area contributed by atoms with Gasteiger partial charge in [0.05, 0.1) is 0 Å². The van der Waals surface area contributed by atoms with E-state index in [1.807, 2.05) is 0 Å². The quantitative estimate of drug-likeness (QED) is 0.387. The van der Waals surface area contributed by atoms with Crippen LogP contribution in [0.1, 0.15) is 47.5 Å². The van der Waals surface area contributed by atoms with E-state index in [4.69, 9.17) is 4.99 Å². The van der Waals surface area contributed by atoms with Gasteiger partial charge in [-0.2, -0.15) is 0 Å². The summed E-state index contributed by atoms with van der Waals surface area (Å²) in [7, 11) is 0. The van der Waals surface area contributed by atoms with E-state index in [2.05, 4.69) is 55.1 Å². The summed E-state index contributed by atoms with van der Waals surface area (Å²) in [5, 5.41) is 6.83. The first kappa shape index (κ1) is 20.2. The third-order valence-electron chi connectivity index (χ3n) is 4.77. The van der Waals surface area contributed by atoms with Gasteiger partial charge in [-0.05, 0) is 45.7 Å². The number of likely N-dealkylation sites (N-methyl/N-ethyl adjacent to an activating group) is 1. The van der Waals surface area contributed by atoms with Gasteiger partial charge in [0, 0.05) is 45.3 Å². The van der Waals surface area contributed by atoms with Crippen LogP contribution in [0.3, 0.4) is 0 Å². The van der Waals surface area contributed by atoms with E-state index in [1.165, 1.54) is 52.1 Å². The summed E-state index contributed by atoms with van der Waals surface area (Å²) < 4.78 is 0. The molecule has 5 nitrogen and oxygen atoms in total. The van der Waals surface area contributed by atoms with E-state index < -0.39 is 0 Å². The molecule has 1 fully saturated rings. The summed E-state index contributed by atoms with van der Waals surface area (Å²) >= 11 is 0. The van der Waals surface area contributed by atoms with Gasteiger partial charge in [-0.1, -0.05) is 20.8 Å². The summed E-state index contributed by atoms with van der Waals surface area (Å²) in [6.07, 6.45) is 2.41. The van der Waals surface area contributed by atoms with Gasteiger partial charge in [0.25, 0.3) is 0 Å². The smallest absolute Gasteiger partial charge is 0.191 e. The maximum absolute atomic E-state index is 4.71. The molecule has 1 rings (SSSR count). The number of hydrogen-bond acceptors (Lipinski definition) is 3. The molecule has 5 heteroatoms. The molecular weight excluding hydrogens is 286 g/mol. The van der Waals surface area contributed by atoms with Gasteiger partial charge in [0.1, 0.15) is 0 Å². The Hall–Kier alpha value is -0.810. The normalized spacial score (nSPS) is 19.1. The molecule has 23 heavy (non-hydrogen) atoms. The first-order valence-electron chi connectivity index (χ1n) is 9.56. The molecule has 0 amide bonds. The fourth-order valence-electron chi connectivity index (χ4n) is 2.67. The Labute approximate surface area is 143 Å². The van der Waals surface area contributed by atoms with E-state index in [0.29, 0.717) is 12.0 Å². The molecule has 1 saturated heterocycles. The second kappa shape index (κ2) is 11.7. The van der Waals surface area contributed by atoms with Crippen molar-refractivity contribution in [1.82, 2.24) is 20.4 Å². The van der Waals surface area contributed by atoms with Crippen molar-refractivity contribution in [2.24, 2.45) is 10.9 Å².